The number of nitrogens with one attached hydrogen (secondary N) is 1. The Morgan fingerprint density at radius 3 is 3.00 bits per heavy atom. The third-order valence-corrected chi connectivity index (χ3v) is 4.86. The zero-order valence-electron chi connectivity index (χ0n) is 12.2. The Hall–Kier alpha value is -1.20. The van der Waals surface area contributed by atoms with Gasteiger partial charge < -0.3 is 9.84 Å². The third-order valence-electron chi connectivity index (χ3n) is 4.09. The van der Waals surface area contributed by atoms with Gasteiger partial charge in [-0.3, -0.25) is 0 Å². The molecule has 1 N–H and O–H groups in total. The summed E-state index contributed by atoms with van der Waals surface area (Å²) < 4.78 is 6.61. The van der Waals surface area contributed by atoms with E-state index in [1.165, 1.54) is 18.4 Å². The fourth-order valence-electron chi connectivity index (χ4n) is 3.06. The summed E-state index contributed by atoms with van der Waals surface area (Å²) in [5, 5.41) is 7.68. The first-order valence-electron chi connectivity index (χ1n) is 7.57. The molecule has 1 saturated carbocycles. The van der Waals surface area contributed by atoms with Crippen LogP contribution in [0.1, 0.15) is 49.4 Å². The first-order chi connectivity index (χ1) is 10.3. The van der Waals surface area contributed by atoms with Crippen LogP contribution in [-0.2, 0) is 6.42 Å². The summed E-state index contributed by atoms with van der Waals surface area (Å²) in [5.74, 6) is 1.92. The molecule has 0 saturated heterocycles. The van der Waals surface area contributed by atoms with E-state index in [0.717, 1.165) is 29.2 Å². The lowest BCUT2D eigenvalue weighted by Gasteiger charge is -2.16. The lowest BCUT2D eigenvalue weighted by molar-refractivity contribution is 0.329. The average molecular weight is 350 g/mol. The molecule has 0 bridgehead atoms. The molecule has 0 radical (unpaired) electrons. The third kappa shape index (κ3) is 3.35. The molecule has 112 valence electrons. The second-order valence-electron chi connectivity index (χ2n) is 5.52. The molecule has 21 heavy (non-hydrogen) atoms. The van der Waals surface area contributed by atoms with Gasteiger partial charge in [-0.2, -0.15) is 4.98 Å². The number of hydrogen-bond acceptors (Lipinski definition) is 4. The molecule has 0 amide bonds. The highest BCUT2D eigenvalue weighted by Crippen LogP contribution is 2.33. The van der Waals surface area contributed by atoms with Crippen molar-refractivity contribution < 1.29 is 4.52 Å². The van der Waals surface area contributed by atoms with E-state index >= 15 is 0 Å². The van der Waals surface area contributed by atoms with Gasteiger partial charge in [0.15, 0.2) is 5.82 Å². The highest BCUT2D eigenvalue weighted by atomic mass is 79.9. The Morgan fingerprint density at radius 2 is 2.19 bits per heavy atom. The fourth-order valence-corrected chi connectivity index (χ4v) is 3.49. The minimum Gasteiger partial charge on any atom is -0.339 e. The zero-order chi connectivity index (χ0) is 14.7. The number of halogens is 1. The van der Waals surface area contributed by atoms with Gasteiger partial charge in [-0.05, 0) is 31.0 Å². The Kier molecular flexibility index (Phi) is 4.70. The molecule has 3 rings (SSSR count). The van der Waals surface area contributed by atoms with Crippen molar-refractivity contribution in [3.05, 3.63) is 46.0 Å². The number of rotatable bonds is 5. The van der Waals surface area contributed by atoms with E-state index in [4.69, 9.17) is 4.52 Å². The molecular formula is C16H20BrN3O. The molecule has 1 aliphatic rings. The second-order valence-corrected chi connectivity index (χ2v) is 6.37. The van der Waals surface area contributed by atoms with Crippen LogP contribution in [0, 0.1) is 0 Å². The van der Waals surface area contributed by atoms with Gasteiger partial charge in [-0.1, -0.05) is 52.6 Å². The van der Waals surface area contributed by atoms with Crippen LogP contribution >= 0.6 is 15.9 Å². The number of likely N-dealkylation sites (N-methyl/N-ethyl adjacent to an activating group) is 1. The van der Waals surface area contributed by atoms with E-state index in [0.29, 0.717) is 18.4 Å². The van der Waals surface area contributed by atoms with Crippen molar-refractivity contribution in [2.45, 2.75) is 44.6 Å². The number of benzene rings is 1. The van der Waals surface area contributed by atoms with Crippen LogP contribution in [0.15, 0.2) is 33.3 Å². The summed E-state index contributed by atoms with van der Waals surface area (Å²) in [6, 6.07) is 8.63. The molecular weight excluding hydrogens is 330 g/mol. The average Bonchev–Trinajstić information content (AvgIpc) is 3.11. The van der Waals surface area contributed by atoms with E-state index in [2.05, 4.69) is 44.4 Å². The Bertz CT molecular complexity index is 599. The van der Waals surface area contributed by atoms with Crippen molar-refractivity contribution in [3.8, 4) is 0 Å². The predicted octanol–water partition coefficient (Wildman–Crippen LogP) is 3.67. The van der Waals surface area contributed by atoms with Gasteiger partial charge in [0.25, 0.3) is 0 Å². The predicted molar refractivity (Wildman–Crippen MR) is 85.3 cm³/mol. The van der Waals surface area contributed by atoms with Crippen LogP contribution in [-0.4, -0.2) is 22.7 Å². The standard InChI is InChI=1S/C16H20BrN3O/c1-2-18-14-9-5-7-12(14)16-19-15(20-21-16)10-11-6-3-4-8-13(11)17/h3-4,6,8,12,14,18H,2,5,7,9-10H2,1H3. The smallest absolute Gasteiger partial charge is 0.231 e. The molecule has 0 spiro atoms. The van der Waals surface area contributed by atoms with Gasteiger partial charge in [0.1, 0.15) is 0 Å². The molecule has 0 aliphatic heterocycles. The molecule has 1 fully saturated rings. The normalized spacial score (nSPS) is 21.8. The van der Waals surface area contributed by atoms with Crippen molar-refractivity contribution in [2.75, 3.05) is 6.54 Å². The molecule has 1 aliphatic carbocycles. The van der Waals surface area contributed by atoms with Gasteiger partial charge in [0.05, 0.1) is 5.92 Å². The van der Waals surface area contributed by atoms with Gasteiger partial charge in [-0.25, -0.2) is 0 Å². The van der Waals surface area contributed by atoms with Crippen molar-refractivity contribution in [1.29, 1.82) is 0 Å². The number of nitrogens with zero attached hydrogens (tertiary/aromatic N) is 2. The summed E-state index contributed by atoms with van der Waals surface area (Å²) in [7, 11) is 0. The maximum absolute atomic E-state index is 5.52. The first-order valence-corrected chi connectivity index (χ1v) is 8.36. The highest BCUT2D eigenvalue weighted by molar-refractivity contribution is 9.10. The Labute approximate surface area is 133 Å². The van der Waals surface area contributed by atoms with E-state index in [1.54, 1.807) is 0 Å². The topological polar surface area (TPSA) is 51.0 Å². The quantitative estimate of drug-likeness (QED) is 0.894. The van der Waals surface area contributed by atoms with Crippen LogP contribution < -0.4 is 5.32 Å². The molecule has 2 unspecified atom stereocenters. The summed E-state index contributed by atoms with van der Waals surface area (Å²) in [6.07, 6.45) is 4.25. The van der Waals surface area contributed by atoms with Gasteiger partial charge in [0.2, 0.25) is 5.89 Å². The van der Waals surface area contributed by atoms with E-state index in [9.17, 15) is 0 Å². The number of hydrogen-bond donors (Lipinski definition) is 1. The van der Waals surface area contributed by atoms with Crippen LogP contribution in [0.4, 0.5) is 0 Å². The van der Waals surface area contributed by atoms with Gasteiger partial charge in [-0.15, -0.1) is 0 Å². The zero-order valence-corrected chi connectivity index (χ0v) is 13.8. The van der Waals surface area contributed by atoms with Crippen molar-refractivity contribution in [1.82, 2.24) is 15.5 Å². The summed E-state index contributed by atoms with van der Waals surface area (Å²) >= 11 is 3.56. The van der Waals surface area contributed by atoms with Crippen molar-refractivity contribution in [2.24, 2.45) is 0 Å². The molecule has 4 nitrogen and oxygen atoms in total. The van der Waals surface area contributed by atoms with Gasteiger partial charge >= 0.3 is 0 Å². The van der Waals surface area contributed by atoms with Crippen molar-refractivity contribution in [3.63, 3.8) is 0 Å². The van der Waals surface area contributed by atoms with Crippen LogP contribution in [0.5, 0.6) is 0 Å². The minimum atomic E-state index is 0.366. The molecule has 2 atom stereocenters. The Morgan fingerprint density at radius 1 is 1.33 bits per heavy atom. The second kappa shape index (κ2) is 6.71. The lowest BCUT2D eigenvalue weighted by Crippen LogP contribution is -2.31. The monoisotopic (exact) mass is 349 g/mol. The fraction of sp³-hybridized carbons (Fsp3) is 0.500. The molecule has 1 heterocycles. The number of aromatic nitrogens is 2. The van der Waals surface area contributed by atoms with Crippen molar-refractivity contribution >= 4 is 15.9 Å². The summed E-state index contributed by atoms with van der Waals surface area (Å²) in [6.45, 7) is 3.13. The van der Waals surface area contributed by atoms with E-state index in [1.807, 2.05) is 18.2 Å². The molecule has 1 aromatic carbocycles. The maximum atomic E-state index is 5.52. The lowest BCUT2D eigenvalue weighted by atomic mass is 10.0. The molecule has 2 aromatic rings. The Balaban J connectivity index is 1.73. The summed E-state index contributed by atoms with van der Waals surface area (Å²) in [4.78, 5) is 4.62. The molecule has 1 aromatic heterocycles. The first kappa shape index (κ1) is 14.7. The van der Waals surface area contributed by atoms with Crippen LogP contribution in [0.25, 0.3) is 0 Å². The van der Waals surface area contributed by atoms with E-state index in [-0.39, 0.29) is 0 Å². The van der Waals surface area contributed by atoms with E-state index < -0.39 is 0 Å². The SMILES string of the molecule is CCNC1CCCC1c1nc(Cc2ccccc2Br)no1. The van der Waals surface area contributed by atoms with Crippen LogP contribution in [0.2, 0.25) is 0 Å². The minimum absolute atomic E-state index is 0.366. The highest BCUT2D eigenvalue weighted by Gasteiger charge is 2.32. The maximum Gasteiger partial charge on any atom is 0.231 e. The molecule has 5 heteroatoms. The summed E-state index contributed by atoms with van der Waals surface area (Å²) in [5.41, 5.74) is 1.18. The van der Waals surface area contributed by atoms with Crippen LogP contribution in [0.3, 0.4) is 0 Å². The largest absolute Gasteiger partial charge is 0.339 e. The van der Waals surface area contributed by atoms with Gasteiger partial charge in [0, 0.05) is 16.9 Å².